The van der Waals surface area contributed by atoms with Crippen molar-refractivity contribution in [1.82, 2.24) is 5.32 Å². The predicted octanol–water partition coefficient (Wildman–Crippen LogP) is 6.14. The number of carbonyl (C=O) groups excluding carboxylic acids is 2. The number of hydrogen-bond donors (Lipinski definition) is 1. The van der Waals surface area contributed by atoms with Crippen molar-refractivity contribution in [2.24, 2.45) is 5.92 Å². The van der Waals surface area contributed by atoms with Gasteiger partial charge >= 0.3 is 5.97 Å². The molecule has 0 aliphatic carbocycles. The van der Waals surface area contributed by atoms with Crippen LogP contribution in [0.3, 0.4) is 0 Å². The first-order valence-corrected chi connectivity index (χ1v) is 11.4. The van der Waals surface area contributed by atoms with Gasteiger partial charge in [-0.3, -0.25) is 9.59 Å². The molecule has 0 saturated heterocycles. The number of nitrogens with one attached hydrogen (secondary N) is 1. The van der Waals surface area contributed by atoms with Crippen molar-refractivity contribution < 1.29 is 31.9 Å². The van der Waals surface area contributed by atoms with E-state index in [1.165, 1.54) is 6.92 Å². The predicted molar refractivity (Wildman–Crippen MR) is 121 cm³/mol. The summed E-state index contributed by atoms with van der Waals surface area (Å²) in [4.78, 5) is 24.2. The van der Waals surface area contributed by atoms with E-state index < -0.39 is 69.1 Å². The lowest BCUT2D eigenvalue weighted by Gasteiger charge is -2.24. The molecule has 9 heteroatoms. The van der Waals surface area contributed by atoms with Crippen LogP contribution in [0.4, 0.5) is 17.6 Å². The van der Waals surface area contributed by atoms with Gasteiger partial charge in [-0.2, -0.15) is 0 Å². The van der Waals surface area contributed by atoms with Gasteiger partial charge in [0.2, 0.25) is 5.91 Å². The number of rotatable bonds is 9. The number of ether oxygens (including phenoxy) is 1. The Hall–Kier alpha value is -2.42. The highest BCUT2D eigenvalue weighted by molar-refractivity contribution is 9.10. The minimum Gasteiger partial charge on any atom is -0.466 e. The summed E-state index contributed by atoms with van der Waals surface area (Å²) in [7, 11) is 0. The molecular weight excluding hydrogens is 506 g/mol. The molecule has 0 aromatic heterocycles. The Morgan fingerprint density at radius 2 is 1.70 bits per heavy atom. The molecule has 2 aromatic carbocycles. The molecule has 0 spiro atoms. The van der Waals surface area contributed by atoms with Gasteiger partial charge in [0.05, 0.1) is 29.5 Å². The second kappa shape index (κ2) is 11.6. The summed E-state index contributed by atoms with van der Waals surface area (Å²) < 4.78 is 64.4. The number of alkyl halides is 1. The first kappa shape index (κ1) is 26.8. The van der Waals surface area contributed by atoms with Crippen LogP contribution in [0.5, 0.6) is 0 Å². The summed E-state index contributed by atoms with van der Waals surface area (Å²) >= 11 is 3.25. The molecule has 0 aliphatic rings. The standard InChI is InChI=1S/C24H26BrF4NO3/c1-5-33-19(31)11-18(30-24(32)15(25)9-12(2)3)21-22(28)13(4)10-14(23(21)29)20-16(26)7-6-8-17(20)27/h6-8,10,12,15,18H,5,9,11H2,1-4H3,(H,30,32). The summed E-state index contributed by atoms with van der Waals surface area (Å²) in [5, 5.41) is 2.49. The van der Waals surface area contributed by atoms with Crippen LogP contribution in [0, 0.1) is 36.1 Å². The maximum Gasteiger partial charge on any atom is 0.308 e. The summed E-state index contributed by atoms with van der Waals surface area (Å²) in [5.74, 6) is -5.60. The number of amides is 1. The van der Waals surface area contributed by atoms with Crippen LogP contribution in [0.15, 0.2) is 24.3 Å². The first-order valence-electron chi connectivity index (χ1n) is 10.5. The number of carbonyl (C=O) groups is 2. The molecule has 0 fully saturated rings. The van der Waals surface area contributed by atoms with Gasteiger partial charge < -0.3 is 10.1 Å². The van der Waals surface area contributed by atoms with Crippen molar-refractivity contribution >= 4 is 27.8 Å². The molecule has 0 heterocycles. The van der Waals surface area contributed by atoms with Crippen LogP contribution in [0.25, 0.3) is 11.1 Å². The molecule has 2 aromatic rings. The minimum atomic E-state index is -1.46. The quantitative estimate of drug-likeness (QED) is 0.240. The fourth-order valence-corrected chi connectivity index (χ4v) is 4.31. The van der Waals surface area contributed by atoms with Gasteiger partial charge in [-0.15, -0.1) is 0 Å². The zero-order chi connectivity index (χ0) is 24.9. The van der Waals surface area contributed by atoms with Gasteiger partial charge in [0, 0.05) is 11.1 Å². The fourth-order valence-electron chi connectivity index (χ4n) is 3.43. The first-order chi connectivity index (χ1) is 15.5. The summed E-state index contributed by atoms with van der Waals surface area (Å²) in [6.45, 7) is 6.68. The monoisotopic (exact) mass is 531 g/mol. The Bertz CT molecular complexity index is 1010. The second-order valence-electron chi connectivity index (χ2n) is 8.05. The van der Waals surface area contributed by atoms with Gasteiger partial charge in [0.15, 0.2) is 0 Å². The molecule has 1 N–H and O–H groups in total. The molecule has 0 bridgehead atoms. The van der Waals surface area contributed by atoms with Crippen molar-refractivity contribution in [3.8, 4) is 11.1 Å². The third-order valence-electron chi connectivity index (χ3n) is 4.95. The van der Waals surface area contributed by atoms with Crippen LogP contribution in [0.2, 0.25) is 0 Å². The highest BCUT2D eigenvalue weighted by Crippen LogP contribution is 2.36. The number of esters is 1. The maximum atomic E-state index is 15.6. The Balaban J connectivity index is 2.63. The van der Waals surface area contributed by atoms with Crippen molar-refractivity contribution in [3.63, 3.8) is 0 Å². The second-order valence-corrected chi connectivity index (χ2v) is 9.15. The summed E-state index contributed by atoms with van der Waals surface area (Å²) in [6, 6.07) is 2.56. The van der Waals surface area contributed by atoms with Crippen molar-refractivity contribution in [1.29, 1.82) is 0 Å². The van der Waals surface area contributed by atoms with Crippen LogP contribution in [-0.2, 0) is 14.3 Å². The smallest absolute Gasteiger partial charge is 0.308 e. The van der Waals surface area contributed by atoms with E-state index in [0.717, 1.165) is 24.3 Å². The topological polar surface area (TPSA) is 55.4 Å². The number of aryl methyl sites for hydroxylation is 1. The maximum absolute atomic E-state index is 15.6. The fraction of sp³-hybridized carbons (Fsp3) is 0.417. The molecule has 2 unspecified atom stereocenters. The number of benzene rings is 2. The average molecular weight is 532 g/mol. The molecular formula is C24H26BrF4NO3. The molecule has 1 amide bonds. The Labute approximate surface area is 198 Å². The van der Waals surface area contributed by atoms with Crippen LogP contribution in [0.1, 0.15) is 50.8 Å². The lowest BCUT2D eigenvalue weighted by atomic mass is 9.92. The zero-order valence-corrected chi connectivity index (χ0v) is 20.4. The lowest BCUT2D eigenvalue weighted by molar-refractivity contribution is -0.143. The van der Waals surface area contributed by atoms with Gasteiger partial charge in [-0.1, -0.05) is 35.8 Å². The highest BCUT2D eigenvalue weighted by atomic mass is 79.9. The summed E-state index contributed by atoms with van der Waals surface area (Å²) in [6.07, 6.45) is -0.139. The van der Waals surface area contributed by atoms with E-state index in [2.05, 4.69) is 21.2 Å². The third kappa shape index (κ3) is 6.56. The Morgan fingerprint density at radius 1 is 1.09 bits per heavy atom. The van der Waals surface area contributed by atoms with Gasteiger partial charge in [0.25, 0.3) is 0 Å². The highest BCUT2D eigenvalue weighted by Gasteiger charge is 2.31. The van der Waals surface area contributed by atoms with Crippen LogP contribution < -0.4 is 5.32 Å². The minimum absolute atomic E-state index is 0.0262. The van der Waals surface area contributed by atoms with E-state index in [0.29, 0.717) is 6.42 Å². The zero-order valence-electron chi connectivity index (χ0n) is 18.8. The SMILES string of the molecule is CCOC(=O)CC(NC(=O)C(Br)CC(C)C)c1c(F)c(C)cc(-c2c(F)cccc2F)c1F. The van der Waals surface area contributed by atoms with Crippen LogP contribution >= 0.6 is 15.9 Å². The molecule has 4 nitrogen and oxygen atoms in total. The van der Waals surface area contributed by atoms with E-state index in [9.17, 15) is 18.4 Å². The van der Waals surface area contributed by atoms with Crippen molar-refractivity contribution in [2.75, 3.05) is 6.61 Å². The largest absolute Gasteiger partial charge is 0.466 e. The molecule has 2 atom stereocenters. The van der Waals surface area contributed by atoms with E-state index in [1.54, 1.807) is 6.92 Å². The lowest BCUT2D eigenvalue weighted by Crippen LogP contribution is -2.37. The Kier molecular flexibility index (Phi) is 9.46. The summed E-state index contributed by atoms with van der Waals surface area (Å²) in [5.41, 5.74) is -1.96. The van der Waals surface area contributed by atoms with Gasteiger partial charge in [-0.25, -0.2) is 17.6 Å². The number of halogens is 5. The van der Waals surface area contributed by atoms with E-state index in [1.807, 2.05) is 13.8 Å². The third-order valence-corrected chi connectivity index (χ3v) is 5.74. The van der Waals surface area contributed by atoms with Crippen LogP contribution in [-0.4, -0.2) is 23.3 Å². The molecule has 33 heavy (non-hydrogen) atoms. The van der Waals surface area contributed by atoms with Gasteiger partial charge in [0.1, 0.15) is 23.3 Å². The van der Waals surface area contributed by atoms with E-state index >= 15 is 8.78 Å². The van der Waals surface area contributed by atoms with E-state index in [4.69, 9.17) is 4.74 Å². The molecule has 2 rings (SSSR count). The normalized spacial score (nSPS) is 13.0. The molecule has 0 radical (unpaired) electrons. The van der Waals surface area contributed by atoms with Crippen molar-refractivity contribution in [3.05, 3.63) is 58.7 Å². The van der Waals surface area contributed by atoms with Gasteiger partial charge in [-0.05, 0) is 49.9 Å². The van der Waals surface area contributed by atoms with E-state index in [-0.39, 0.29) is 18.1 Å². The molecule has 0 saturated carbocycles. The molecule has 180 valence electrons. The Morgan fingerprint density at radius 3 is 2.24 bits per heavy atom. The molecule has 0 aliphatic heterocycles. The van der Waals surface area contributed by atoms with Crippen molar-refractivity contribution in [2.45, 2.75) is 51.4 Å². The average Bonchev–Trinajstić information content (AvgIpc) is 2.71. The number of hydrogen-bond acceptors (Lipinski definition) is 3.